The lowest BCUT2D eigenvalue weighted by molar-refractivity contribution is -0.619. The fourth-order valence-corrected chi connectivity index (χ4v) is 3.59. The Hall–Kier alpha value is -2.08. The van der Waals surface area contributed by atoms with Gasteiger partial charge >= 0.3 is 0 Å². The molecule has 0 unspecified atom stereocenters. The van der Waals surface area contributed by atoms with E-state index < -0.39 is 0 Å². The second-order valence-electron chi connectivity index (χ2n) is 7.30. The van der Waals surface area contributed by atoms with Crippen LogP contribution in [0.25, 0.3) is 0 Å². The summed E-state index contributed by atoms with van der Waals surface area (Å²) in [4.78, 5) is 13.3. The lowest BCUT2D eigenvalue weighted by Crippen LogP contribution is -2.37. The standard InChI is InChI=1S/C22H29BrN2O3/c1-7-16-10-9-11-17(8-2)20(16)24-22(26)18-14(5)25(27)15(6)19(23)21(18)28-12-13(3)4/h9-11,13H,7-8,12H2,1-6H3,(H,24,26). The number of hydrogen-bond acceptors (Lipinski definition) is 3. The summed E-state index contributed by atoms with van der Waals surface area (Å²) in [5, 5.41) is 15.6. The highest BCUT2D eigenvalue weighted by atomic mass is 79.9. The number of ether oxygens (including phenoxy) is 1. The lowest BCUT2D eigenvalue weighted by atomic mass is 10.0. The van der Waals surface area contributed by atoms with E-state index in [2.05, 4.69) is 35.1 Å². The summed E-state index contributed by atoms with van der Waals surface area (Å²) < 4.78 is 7.24. The zero-order valence-corrected chi connectivity index (χ0v) is 19.1. The topological polar surface area (TPSA) is 65.3 Å². The minimum Gasteiger partial charge on any atom is -0.618 e. The monoisotopic (exact) mass is 448 g/mol. The number of halogens is 1. The highest BCUT2D eigenvalue weighted by molar-refractivity contribution is 9.10. The molecule has 1 N–H and O–H groups in total. The number of carbonyl (C=O) groups excluding carboxylic acids is 1. The normalized spacial score (nSPS) is 11.0. The van der Waals surface area contributed by atoms with E-state index in [1.165, 1.54) is 0 Å². The van der Waals surface area contributed by atoms with Crippen LogP contribution in [0.4, 0.5) is 5.69 Å². The third-order valence-corrected chi connectivity index (χ3v) is 5.67. The number of pyridine rings is 1. The van der Waals surface area contributed by atoms with Gasteiger partial charge in [0.1, 0.15) is 4.47 Å². The van der Waals surface area contributed by atoms with Gasteiger partial charge in [-0.3, -0.25) is 4.79 Å². The zero-order valence-electron chi connectivity index (χ0n) is 17.5. The maximum Gasteiger partial charge on any atom is 0.265 e. The van der Waals surface area contributed by atoms with Crippen molar-refractivity contribution in [3.05, 3.63) is 56.0 Å². The van der Waals surface area contributed by atoms with Gasteiger partial charge in [-0.1, -0.05) is 45.9 Å². The molecule has 0 saturated heterocycles. The summed E-state index contributed by atoms with van der Waals surface area (Å²) in [5.74, 6) is 0.369. The van der Waals surface area contributed by atoms with Gasteiger partial charge in [0.05, 0.1) is 6.61 Å². The number of nitrogens with one attached hydrogen (secondary N) is 1. The summed E-state index contributed by atoms with van der Waals surface area (Å²) in [6, 6.07) is 6.02. The fourth-order valence-electron chi connectivity index (χ4n) is 3.11. The summed E-state index contributed by atoms with van der Waals surface area (Å²) >= 11 is 3.45. The van der Waals surface area contributed by atoms with E-state index in [0.717, 1.165) is 34.4 Å². The number of anilines is 1. The molecule has 0 fully saturated rings. The predicted molar refractivity (Wildman–Crippen MR) is 116 cm³/mol. The second kappa shape index (κ2) is 9.41. The van der Waals surface area contributed by atoms with Crippen molar-refractivity contribution in [2.24, 2.45) is 5.92 Å². The van der Waals surface area contributed by atoms with Crippen molar-refractivity contribution in [1.29, 1.82) is 0 Å². The number of benzene rings is 1. The molecule has 2 aromatic rings. The molecule has 0 radical (unpaired) electrons. The van der Waals surface area contributed by atoms with Crippen LogP contribution in [0.15, 0.2) is 22.7 Å². The quantitative estimate of drug-likeness (QED) is 0.472. The Morgan fingerprint density at radius 1 is 1.18 bits per heavy atom. The van der Waals surface area contributed by atoms with Gasteiger partial charge < -0.3 is 15.3 Å². The summed E-state index contributed by atoms with van der Waals surface area (Å²) in [6.45, 7) is 12.0. The minimum absolute atomic E-state index is 0.265. The van der Waals surface area contributed by atoms with Gasteiger partial charge in [-0.2, -0.15) is 4.73 Å². The molecule has 1 aromatic heterocycles. The summed E-state index contributed by atoms with van der Waals surface area (Å²) in [6.07, 6.45) is 1.61. The van der Waals surface area contributed by atoms with Crippen LogP contribution in [-0.2, 0) is 12.8 Å². The van der Waals surface area contributed by atoms with Crippen LogP contribution in [0.3, 0.4) is 0 Å². The van der Waals surface area contributed by atoms with Crippen molar-refractivity contribution in [3.8, 4) is 5.75 Å². The van der Waals surface area contributed by atoms with Gasteiger partial charge in [0.2, 0.25) is 11.4 Å². The Morgan fingerprint density at radius 2 is 1.75 bits per heavy atom. The zero-order chi connectivity index (χ0) is 21.0. The minimum atomic E-state index is -0.336. The first kappa shape index (κ1) is 22.2. The van der Waals surface area contributed by atoms with Gasteiger partial charge in [-0.25, -0.2) is 0 Å². The molecule has 28 heavy (non-hydrogen) atoms. The number of para-hydroxylation sites is 1. The van der Waals surface area contributed by atoms with E-state index in [9.17, 15) is 10.0 Å². The van der Waals surface area contributed by atoms with Gasteiger partial charge in [0, 0.05) is 19.5 Å². The first-order chi connectivity index (χ1) is 13.2. The molecule has 0 spiro atoms. The van der Waals surface area contributed by atoms with Crippen LogP contribution in [0.2, 0.25) is 0 Å². The summed E-state index contributed by atoms with van der Waals surface area (Å²) in [5.41, 5.74) is 4.01. The van der Waals surface area contributed by atoms with Gasteiger partial charge in [0.15, 0.2) is 11.3 Å². The molecular formula is C22H29BrN2O3. The maximum absolute atomic E-state index is 13.3. The Morgan fingerprint density at radius 3 is 2.25 bits per heavy atom. The molecule has 0 bridgehead atoms. The third kappa shape index (κ3) is 4.49. The van der Waals surface area contributed by atoms with E-state index >= 15 is 0 Å². The SMILES string of the molecule is CCc1cccc(CC)c1NC(=O)c1c(OCC(C)C)c(Br)c(C)[n+]([O-])c1C. The first-order valence-corrected chi connectivity index (χ1v) is 10.5. The molecular weight excluding hydrogens is 420 g/mol. The van der Waals surface area contributed by atoms with Gasteiger partial charge in [-0.05, 0) is 45.8 Å². The highest BCUT2D eigenvalue weighted by Gasteiger charge is 2.29. The molecule has 0 aliphatic heterocycles. The van der Waals surface area contributed by atoms with E-state index in [4.69, 9.17) is 4.74 Å². The molecule has 152 valence electrons. The molecule has 5 nitrogen and oxygen atoms in total. The van der Waals surface area contributed by atoms with Crippen LogP contribution >= 0.6 is 15.9 Å². The molecule has 0 aliphatic carbocycles. The number of amides is 1. The molecule has 6 heteroatoms. The molecule has 0 aliphatic rings. The number of hydrogen-bond donors (Lipinski definition) is 1. The van der Waals surface area contributed by atoms with Crippen LogP contribution in [0, 0.1) is 25.0 Å². The van der Waals surface area contributed by atoms with Crippen LogP contribution < -0.4 is 14.8 Å². The Labute approximate surface area is 175 Å². The van der Waals surface area contributed by atoms with Crippen molar-refractivity contribution in [1.82, 2.24) is 0 Å². The second-order valence-corrected chi connectivity index (χ2v) is 8.09. The first-order valence-electron chi connectivity index (χ1n) is 9.69. The average molecular weight is 449 g/mol. The number of carbonyl (C=O) groups is 1. The fraction of sp³-hybridized carbons (Fsp3) is 0.455. The maximum atomic E-state index is 13.3. The number of nitrogens with zero attached hydrogens (tertiary/aromatic N) is 1. The van der Waals surface area contributed by atoms with E-state index in [1.807, 2.05) is 32.0 Å². The number of aryl methyl sites for hydroxylation is 2. The highest BCUT2D eigenvalue weighted by Crippen LogP contribution is 2.34. The van der Waals surface area contributed by atoms with E-state index in [-0.39, 0.29) is 17.4 Å². The predicted octanol–water partition coefficient (Wildman–Crippen LogP) is 5.11. The molecule has 0 saturated carbocycles. The lowest BCUT2D eigenvalue weighted by Gasteiger charge is -2.19. The summed E-state index contributed by atoms with van der Waals surface area (Å²) in [7, 11) is 0. The Balaban J connectivity index is 2.57. The molecule has 1 amide bonds. The Kier molecular flexibility index (Phi) is 7.47. The van der Waals surface area contributed by atoms with Gasteiger partial charge in [-0.15, -0.1) is 0 Å². The van der Waals surface area contributed by atoms with Crippen molar-refractivity contribution in [2.45, 2.75) is 54.4 Å². The van der Waals surface area contributed by atoms with Crippen molar-refractivity contribution < 1.29 is 14.3 Å². The molecule has 1 heterocycles. The third-order valence-electron chi connectivity index (χ3n) is 4.74. The smallest absolute Gasteiger partial charge is 0.265 e. The Bertz CT molecular complexity index is 857. The largest absolute Gasteiger partial charge is 0.618 e. The van der Waals surface area contributed by atoms with Crippen molar-refractivity contribution in [2.75, 3.05) is 11.9 Å². The number of aromatic nitrogens is 1. The van der Waals surface area contributed by atoms with Crippen LogP contribution in [0.1, 0.15) is 60.6 Å². The average Bonchev–Trinajstić information content (AvgIpc) is 2.67. The van der Waals surface area contributed by atoms with E-state index in [0.29, 0.717) is 28.2 Å². The van der Waals surface area contributed by atoms with Gasteiger partial charge in [0.25, 0.3) is 5.91 Å². The molecule has 0 atom stereocenters. The van der Waals surface area contributed by atoms with E-state index in [1.54, 1.807) is 13.8 Å². The van der Waals surface area contributed by atoms with Crippen molar-refractivity contribution in [3.63, 3.8) is 0 Å². The number of rotatable bonds is 7. The van der Waals surface area contributed by atoms with Crippen LogP contribution in [0.5, 0.6) is 5.75 Å². The van der Waals surface area contributed by atoms with Crippen molar-refractivity contribution >= 4 is 27.5 Å². The van der Waals surface area contributed by atoms with Crippen LogP contribution in [-0.4, -0.2) is 12.5 Å². The molecule has 1 aromatic carbocycles. The molecule has 2 rings (SSSR count).